The Hall–Kier alpha value is -1.20. The van der Waals surface area contributed by atoms with Crippen LogP contribution in [0.2, 0.25) is 5.15 Å². The predicted octanol–water partition coefficient (Wildman–Crippen LogP) is 0.985. The molecule has 0 spiro atoms. The topological polar surface area (TPSA) is 66.9 Å². The fraction of sp³-hybridized carbons (Fsp3) is 0.444. The zero-order chi connectivity index (χ0) is 11.4. The van der Waals surface area contributed by atoms with Gasteiger partial charge >= 0.3 is 0 Å². The smallest absolute Gasteiger partial charge is 0.243 e. The molecule has 82 valence electrons. The van der Waals surface area contributed by atoms with Crippen LogP contribution in [-0.4, -0.2) is 29.0 Å². The maximum absolute atomic E-state index is 11.5. The summed E-state index contributed by atoms with van der Waals surface area (Å²) >= 11 is 5.73. The van der Waals surface area contributed by atoms with Crippen molar-refractivity contribution in [2.24, 2.45) is 0 Å². The zero-order valence-corrected chi connectivity index (χ0v) is 9.59. The van der Waals surface area contributed by atoms with Crippen LogP contribution in [0.5, 0.6) is 0 Å². The number of rotatable bonds is 3. The van der Waals surface area contributed by atoms with E-state index in [-0.39, 0.29) is 17.9 Å². The number of likely N-dealkylation sites (N-methyl/N-ethyl adjacent to an activating group) is 1. The number of hydrogen-bond acceptors (Lipinski definition) is 4. The molecule has 1 aromatic rings. The maximum atomic E-state index is 11.5. The molecule has 1 atom stereocenters. The third kappa shape index (κ3) is 3.45. The van der Waals surface area contributed by atoms with Gasteiger partial charge in [-0.05, 0) is 27.0 Å². The SMILES string of the molecule is CNC(C)C(=O)Nc1nc(C)cc(Cl)n1. The van der Waals surface area contributed by atoms with Gasteiger partial charge in [-0.2, -0.15) is 0 Å². The number of nitrogens with one attached hydrogen (secondary N) is 2. The average Bonchev–Trinajstić information content (AvgIpc) is 2.14. The maximum Gasteiger partial charge on any atom is 0.243 e. The van der Waals surface area contributed by atoms with Gasteiger partial charge in [-0.3, -0.25) is 10.1 Å². The summed E-state index contributed by atoms with van der Waals surface area (Å²) in [5.74, 6) is 0.0336. The number of carbonyl (C=O) groups is 1. The summed E-state index contributed by atoms with van der Waals surface area (Å²) in [7, 11) is 1.70. The highest BCUT2D eigenvalue weighted by molar-refractivity contribution is 6.29. The highest BCUT2D eigenvalue weighted by atomic mass is 35.5. The fourth-order valence-electron chi connectivity index (χ4n) is 0.936. The van der Waals surface area contributed by atoms with Gasteiger partial charge in [0.15, 0.2) is 0 Å². The van der Waals surface area contributed by atoms with Crippen molar-refractivity contribution in [1.82, 2.24) is 15.3 Å². The number of anilines is 1. The summed E-state index contributed by atoms with van der Waals surface area (Å²) < 4.78 is 0. The van der Waals surface area contributed by atoms with E-state index >= 15 is 0 Å². The molecule has 1 amide bonds. The first kappa shape index (κ1) is 11.9. The average molecular weight is 229 g/mol. The molecule has 15 heavy (non-hydrogen) atoms. The van der Waals surface area contributed by atoms with Crippen molar-refractivity contribution in [1.29, 1.82) is 0 Å². The molecule has 0 radical (unpaired) electrons. The lowest BCUT2D eigenvalue weighted by Crippen LogP contribution is -2.36. The van der Waals surface area contributed by atoms with Crippen LogP contribution in [0.1, 0.15) is 12.6 Å². The Morgan fingerprint density at radius 2 is 2.20 bits per heavy atom. The van der Waals surface area contributed by atoms with E-state index in [4.69, 9.17) is 11.6 Å². The van der Waals surface area contributed by atoms with Crippen LogP contribution < -0.4 is 10.6 Å². The first-order valence-corrected chi connectivity index (χ1v) is 4.90. The van der Waals surface area contributed by atoms with Gasteiger partial charge < -0.3 is 5.32 Å². The monoisotopic (exact) mass is 228 g/mol. The minimum atomic E-state index is -0.298. The number of nitrogens with zero attached hydrogens (tertiary/aromatic N) is 2. The molecule has 0 aliphatic heterocycles. The molecule has 0 aliphatic rings. The van der Waals surface area contributed by atoms with Crippen LogP contribution in [0.25, 0.3) is 0 Å². The lowest BCUT2D eigenvalue weighted by molar-refractivity contribution is -0.117. The predicted molar refractivity (Wildman–Crippen MR) is 58.9 cm³/mol. The van der Waals surface area contributed by atoms with Crippen molar-refractivity contribution in [2.45, 2.75) is 19.9 Å². The Kier molecular flexibility index (Phi) is 3.99. The molecule has 0 aromatic carbocycles. The second kappa shape index (κ2) is 5.04. The van der Waals surface area contributed by atoms with Gasteiger partial charge in [0.05, 0.1) is 6.04 Å². The van der Waals surface area contributed by atoms with Gasteiger partial charge in [0.2, 0.25) is 11.9 Å². The Balaban J connectivity index is 2.76. The Labute approximate surface area is 93.3 Å². The Morgan fingerprint density at radius 1 is 1.53 bits per heavy atom. The van der Waals surface area contributed by atoms with Crippen molar-refractivity contribution in [3.8, 4) is 0 Å². The van der Waals surface area contributed by atoms with Crippen molar-refractivity contribution >= 4 is 23.5 Å². The molecule has 1 rings (SSSR count). The molecule has 0 aliphatic carbocycles. The summed E-state index contributed by atoms with van der Waals surface area (Å²) in [5.41, 5.74) is 0.711. The highest BCUT2D eigenvalue weighted by Gasteiger charge is 2.12. The van der Waals surface area contributed by atoms with Crippen molar-refractivity contribution in [3.05, 3.63) is 16.9 Å². The minimum Gasteiger partial charge on any atom is -0.309 e. The number of halogens is 1. The van der Waals surface area contributed by atoms with Gasteiger partial charge in [0, 0.05) is 5.69 Å². The number of aromatic nitrogens is 2. The molecule has 1 heterocycles. The van der Waals surface area contributed by atoms with Gasteiger partial charge in [-0.15, -0.1) is 0 Å². The lowest BCUT2D eigenvalue weighted by atomic mass is 10.3. The molecule has 0 saturated carbocycles. The normalized spacial score (nSPS) is 12.3. The summed E-state index contributed by atoms with van der Waals surface area (Å²) in [6.07, 6.45) is 0. The van der Waals surface area contributed by atoms with E-state index in [1.807, 2.05) is 0 Å². The third-order valence-electron chi connectivity index (χ3n) is 1.88. The molecule has 2 N–H and O–H groups in total. The largest absolute Gasteiger partial charge is 0.309 e. The van der Waals surface area contributed by atoms with E-state index in [1.54, 1.807) is 27.0 Å². The summed E-state index contributed by atoms with van der Waals surface area (Å²) in [5, 5.41) is 5.69. The van der Waals surface area contributed by atoms with Crippen LogP contribution in [0, 0.1) is 6.92 Å². The van der Waals surface area contributed by atoms with Crippen molar-refractivity contribution in [2.75, 3.05) is 12.4 Å². The number of aryl methyl sites for hydroxylation is 1. The first-order valence-electron chi connectivity index (χ1n) is 4.52. The van der Waals surface area contributed by atoms with E-state index in [0.717, 1.165) is 0 Å². The molecule has 0 saturated heterocycles. The van der Waals surface area contributed by atoms with Crippen LogP contribution in [-0.2, 0) is 4.79 Å². The van der Waals surface area contributed by atoms with E-state index in [1.165, 1.54) is 0 Å². The number of hydrogen-bond donors (Lipinski definition) is 2. The third-order valence-corrected chi connectivity index (χ3v) is 2.08. The molecular formula is C9H13ClN4O. The quantitative estimate of drug-likeness (QED) is 0.757. The zero-order valence-electron chi connectivity index (χ0n) is 8.84. The molecule has 1 aromatic heterocycles. The number of carbonyl (C=O) groups excluding carboxylic acids is 1. The van der Waals surface area contributed by atoms with Crippen LogP contribution in [0.3, 0.4) is 0 Å². The fourth-order valence-corrected chi connectivity index (χ4v) is 1.17. The van der Waals surface area contributed by atoms with E-state index in [2.05, 4.69) is 20.6 Å². The van der Waals surface area contributed by atoms with Crippen LogP contribution >= 0.6 is 11.6 Å². The van der Waals surface area contributed by atoms with Crippen LogP contribution in [0.4, 0.5) is 5.95 Å². The van der Waals surface area contributed by atoms with Gasteiger partial charge in [-0.1, -0.05) is 11.6 Å². The second-order valence-corrected chi connectivity index (χ2v) is 3.54. The molecule has 0 bridgehead atoms. The first-order chi connectivity index (χ1) is 7.02. The van der Waals surface area contributed by atoms with E-state index < -0.39 is 0 Å². The highest BCUT2D eigenvalue weighted by Crippen LogP contribution is 2.09. The summed E-state index contributed by atoms with van der Waals surface area (Å²) in [6.45, 7) is 3.53. The lowest BCUT2D eigenvalue weighted by Gasteiger charge is -2.09. The molecule has 0 fully saturated rings. The van der Waals surface area contributed by atoms with Gasteiger partial charge in [-0.25, -0.2) is 9.97 Å². The van der Waals surface area contributed by atoms with E-state index in [9.17, 15) is 4.79 Å². The van der Waals surface area contributed by atoms with Crippen molar-refractivity contribution in [3.63, 3.8) is 0 Å². The van der Waals surface area contributed by atoms with E-state index in [0.29, 0.717) is 10.8 Å². The number of amides is 1. The van der Waals surface area contributed by atoms with Crippen LogP contribution in [0.15, 0.2) is 6.07 Å². The Bertz CT molecular complexity index is 349. The molecule has 1 unspecified atom stereocenters. The molecule has 5 nitrogen and oxygen atoms in total. The molecule has 6 heteroatoms. The van der Waals surface area contributed by atoms with Gasteiger partial charge in [0.1, 0.15) is 5.15 Å². The minimum absolute atomic E-state index is 0.195. The Morgan fingerprint density at radius 3 is 2.73 bits per heavy atom. The summed E-state index contributed by atoms with van der Waals surface area (Å²) in [4.78, 5) is 19.4. The molecular weight excluding hydrogens is 216 g/mol. The standard InChI is InChI=1S/C9H13ClN4O/c1-5-4-7(10)13-9(12-5)14-8(15)6(2)11-3/h4,6,11H,1-3H3,(H,12,13,14,15). The summed E-state index contributed by atoms with van der Waals surface area (Å²) in [6, 6.07) is 1.33. The van der Waals surface area contributed by atoms with Crippen molar-refractivity contribution < 1.29 is 4.79 Å². The van der Waals surface area contributed by atoms with Gasteiger partial charge in [0.25, 0.3) is 0 Å². The second-order valence-electron chi connectivity index (χ2n) is 3.16.